The van der Waals surface area contributed by atoms with Gasteiger partial charge < -0.3 is 15.0 Å². The lowest BCUT2D eigenvalue weighted by atomic mass is 10.1. The van der Waals surface area contributed by atoms with Crippen molar-refractivity contribution in [3.63, 3.8) is 0 Å². The van der Waals surface area contributed by atoms with Crippen molar-refractivity contribution in [2.24, 2.45) is 0 Å². The maximum atomic E-state index is 13.7. The first kappa shape index (κ1) is 10.7. The Morgan fingerprint density at radius 3 is 2.81 bits per heavy atom. The standard InChI is InChI=1S/C10H11FN2O3/c11-10(9(15)16)3-5-13(6-10)8(14)7-2-1-4-12-7/h1-2,4,12H,3,5-6H2,(H,15,16). The highest BCUT2D eigenvalue weighted by Gasteiger charge is 2.47. The number of H-pyrrole nitrogens is 1. The van der Waals surface area contributed by atoms with Gasteiger partial charge in [0.2, 0.25) is 5.67 Å². The summed E-state index contributed by atoms with van der Waals surface area (Å²) in [6.07, 6.45) is 1.43. The smallest absolute Gasteiger partial charge is 0.343 e. The normalized spacial score (nSPS) is 24.7. The third-order valence-electron chi connectivity index (χ3n) is 2.72. The second-order valence-corrected chi connectivity index (χ2v) is 3.83. The van der Waals surface area contributed by atoms with Gasteiger partial charge in [-0.3, -0.25) is 4.79 Å². The van der Waals surface area contributed by atoms with Crippen molar-refractivity contribution in [3.05, 3.63) is 24.0 Å². The Morgan fingerprint density at radius 2 is 2.31 bits per heavy atom. The molecule has 1 aliphatic heterocycles. The fourth-order valence-corrected chi connectivity index (χ4v) is 1.75. The number of hydrogen-bond donors (Lipinski definition) is 2. The number of likely N-dealkylation sites (tertiary alicyclic amines) is 1. The van der Waals surface area contributed by atoms with E-state index < -0.39 is 11.6 Å². The predicted octanol–water partition coefficient (Wildman–Crippen LogP) is 0.653. The van der Waals surface area contributed by atoms with Crippen molar-refractivity contribution in [1.29, 1.82) is 0 Å². The Bertz CT molecular complexity index is 418. The fourth-order valence-electron chi connectivity index (χ4n) is 1.75. The number of carbonyl (C=O) groups is 2. The summed E-state index contributed by atoms with van der Waals surface area (Å²) in [6, 6.07) is 3.23. The van der Waals surface area contributed by atoms with Crippen LogP contribution in [-0.2, 0) is 4.79 Å². The van der Waals surface area contributed by atoms with Crippen LogP contribution in [0.3, 0.4) is 0 Å². The van der Waals surface area contributed by atoms with Gasteiger partial charge in [0.05, 0.1) is 6.54 Å². The number of aromatic amines is 1. The van der Waals surface area contributed by atoms with Crippen LogP contribution in [0.2, 0.25) is 0 Å². The van der Waals surface area contributed by atoms with Crippen LogP contribution >= 0.6 is 0 Å². The molecule has 1 atom stereocenters. The van der Waals surface area contributed by atoms with Crippen LogP contribution in [0.1, 0.15) is 16.9 Å². The number of hydrogen-bond acceptors (Lipinski definition) is 2. The second kappa shape index (κ2) is 3.62. The summed E-state index contributed by atoms with van der Waals surface area (Å²) in [7, 11) is 0. The average molecular weight is 226 g/mol. The molecule has 1 fully saturated rings. The fraction of sp³-hybridized carbons (Fsp3) is 0.400. The molecule has 5 nitrogen and oxygen atoms in total. The predicted molar refractivity (Wildman–Crippen MR) is 52.8 cm³/mol. The molecule has 2 heterocycles. The number of nitrogens with zero attached hydrogens (tertiary/aromatic N) is 1. The third-order valence-corrected chi connectivity index (χ3v) is 2.72. The molecule has 2 N–H and O–H groups in total. The van der Waals surface area contributed by atoms with Crippen molar-refractivity contribution in [2.45, 2.75) is 12.1 Å². The topological polar surface area (TPSA) is 73.4 Å². The Hall–Kier alpha value is -1.85. The van der Waals surface area contributed by atoms with Crippen LogP contribution in [0.4, 0.5) is 4.39 Å². The Balaban J connectivity index is 2.10. The van der Waals surface area contributed by atoms with Gasteiger partial charge in [-0.25, -0.2) is 9.18 Å². The third kappa shape index (κ3) is 1.66. The number of carboxylic acid groups (broad SMARTS) is 1. The summed E-state index contributed by atoms with van der Waals surface area (Å²) in [5, 5.41) is 8.68. The number of nitrogens with one attached hydrogen (secondary N) is 1. The molecule has 0 saturated carbocycles. The molecule has 1 aliphatic rings. The lowest BCUT2D eigenvalue weighted by molar-refractivity contribution is -0.149. The van der Waals surface area contributed by atoms with E-state index in [9.17, 15) is 14.0 Å². The molecule has 1 unspecified atom stereocenters. The summed E-state index contributed by atoms with van der Waals surface area (Å²) < 4.78 is 13.7. The van der Waals surface area contributed by atoms with E-state index in [1.54, 1.807) is 18.3 Å². The molecule has 0 aromatic carbocycles. The second-order valence-electron chi connectivity index (χ2n) is 3.83. The zero-order valence-corrected chi connectivity index (χ0v) is 8.44. The first-order valence-corrected chi connectivity index (χ1v) is 4.88. The van der Waals surface area contributed by atoms with E-state index in [-0.39, 0.29) is 25.4 Å². The first-order valence-electron chi connectivity index (χ1n) is 4.88. The van der Waals surface area contributed by atoms with Gasteiger partial charge in [0, 0.05) is 19.2 Å². The van der Waals surface area contributed by atoms with E-state index in [0.29, 0.717) is 5.69 Å². The number of aliphatic carboxylic acids is 1. The molecule has 0 bridgehead atoms. The Kier molecular flexibility index (Phi) is 2.41. The minimum absolute atomic E-state index is 0.126. The van der Waals surface area contributed by atoms with Crippen LogP contribution in [-0.4, -0.2) is 45.6 Å². The molecule has 1 aromatic rings. The molecule has 1 aromatic heterocycles. The highest BCUT2D eigenvalue weighted by atomic mass is 19.1. The molecular formula is C10H11FN2O3. The summed E-state index contributed by atoms with van der Waals surface area (Å²) in [4.78, 5) is 26.3. The number of alkyl halides is 1. The van der Waals surface area contributed by atoms with Gasteiger partial charge >= 0.3 is 5.97 Å². The molecule has 86 valence electrons. The van der Waals surface area contributed by atoms with Gasteiger partial charge in [0.15, 0.2) is 0 Å². The molecular weight excluding hydrogens is 215 g/mol. The molecule has 2 rings (SSSR count). The first-order chi connectivity index (χ1) is 7.53. The van der Waals surface area contributed by atoms with E-state index in [0.717, 1.165) is 0 Å². The van der Waals surface area contributed by atoms with Gasteiger partial charge in [-0.2, -0.15) is 0 Å². The van der Waals surface area contributed by atoms with Crippen molar-refractivity contribution < 1.29 is 19.1 Å². The molecule has 1 saturated heterocycles. The van der Waals surface area contributed by atoms with Gasteiger partial charge in [0.25, 0.3) is 5.91 Å². The zero-order valence-electron chi connectivity index (χ0n) is 8.44. The van der Waals surface area contributed by atoms with Crippen LogP contribution in [0.25, 0.3) is 0 Å². The number of carbonyl (C=O) groups excluding carboxylic acids is 1. The van der Waals surface area contributed by atoms with Crippen LogP contribution in [0.5, 0.6) is 0 Å². The molecule has 6 heteroatoms. The number of rotatable bonds is 2. The van der Waals surface area contributed by atoms with Gasteiger partial charge in [-0.1, -0.05) is 0 Å². The molecule has 0 aliphatic carbocycles. The summed E-state index contributed by atoms with van der Waals surface area (Å²) in [5.74, 6) is -1.87. The highest BCUT2D eigenvalue weighted by Crippen LogP contribution is 2.26. The minimum atomic E-state index is -2.30. The van der Waals surface area contributed by atoms with Crippen LogP contribution in [0.15, 0.2) is 18.3 Å². The van der Waals surface area contributed by atoms with E-state index in [2.05, 4.69) is 4.98 Å². The van der Waals surface area contributed by atoms with Crippen LogP contribution in [0, 0.1) is 0 Å². The van der Waals surface area contributed by atoms with Gasteiger partial charge in [-0.15, -0.1) is 0 Å². The van der Waals surface area contributed by atoms with E-state index in [1.807, 2.05) is 0 Å². The number of amides is 1. The van der Waals surface area contributed by atoms with E-state index in [4.69, 9.17) is 5.11 Å². The molecule has 1 amide bonds. The van der Waals surface area contributed by atoms with Crippen LogP contribution < -0.4 is 0 Å². The summed E-state index contributed by atoms with van der Waals surface area (Å²) in [5.41, 5.74) is -1.96. The number of aromatic nitrogens is 1. The molecule has 0 spiro atoms. The van der Waals surface area contributed by atoms with E-state index in [1.165, 1.54) is 4.90 Å². The maximum Gasteiger partial charge on any atom is 0.343 e. The van der Waals surface area contributed by atoms with Crippen molar-refractivity contribution >= 4 is 11.9 Å². The van der Waals surface area contributed by atoms with Gasteiger partial charge in [-0.05, 0) is 12.1 Å². The van der Waals surface area contributed by atoms with Crippen molar-refractivity contribution in [2.75, 3.05) is 13.1 Å². The highest BCUT2D eigenvalue weighted by molar-refractivity contribution is 5.93. The monoisotopic (exact) mass is 226 g/mol. The zero-order chi connectivity index (χ0) is 11.8. The lowest BCUT2D eigenvalue weighted by Crippen LogP contribution is -2.39. The van der Waals surface area contributed by atoms with E-state index >= 15 is 0 Å². The molecule has 0 radical (unpaired) electrons. The average Bonchev–Trinajstić information content (AvgIpc) is 2.85. The largest absolute Gasteiger partial charge is 0.479 e. The van der Waals surface area contributed by atoms with Crippen molar-refractivity contribution in [3.8, 4) is 0 Å². The summed E-state index contributed by atoms with van der Waals surface area (Å²) in [6.45, 7) is -0.263. The summed E-state index contributed by atoms with van der Waals surface area (Å²) >= 11 is 0. The SMILES string of the molecule is O=C(c1ccc[nH]1)N1CCC(F)(C(=O)O)C1. The minimum Gasteiger partial charge on any atom is -0.479 e. The number of halogens is 1. The van der Waals surface area contributed by atoms with Crippen molar-refractivity contribution in [1.82, 2.24) is 9.88 Å². The quantitative estimate of drug-likeness (QED) is 0.777. The number of carboxylic acids is 1. The lowest BCUT2D eigenvalue weighted by Gasteiger charge is -2.16. The van der Waals surface area contributed by atoms with Gasteiger partial charge in [0.1, 0.15) is 5.69 Å². The Labute approximate surface area is 90.9 Å². The maximum absolute atomic E-state index is 13.7. The molecule has 16 heavy (non-hydrogen) atoms. The Morgan fingerprint density at radius 1 is 1.56 bits per heavy atom.